The third-order valence-corrected chi connectivity index (χ3v) is 2.56. The minimum absolute atomic E-state index is 0. The second-order valence-corrected chi connectivity index (χ2v) is 3.45. The lowest BCUT2D eigenvalue weighted by Crippen LogP contribution is -2.45. The highest BCUT2D eigenvalue weighted by Gasteiger charge is 2.30. The first-order valence-corrected chi connectivity index (χ1v) is 4.48. The van der Waals surface area contributed by atoms with Crippen molar-refractivity contribution >= 4 is 24.5 Å². The Morgan fingerprint density at radius 1 is 1.64 bits per heavy atom. The maximum Gasteiger partial charge on any atom is 0.243 e. The van der Waals surface area contributed by atoms with Gasteiger partial charge in [-0.25, -0.2) is 0 Å². The van der Waals surface area contributed by atoms with E-state index in [0.717, 1.165) is 24.2 Å². The summed E-state index contributed by atoms with van der Waals surface area (Å²) in [4.78, 5) is 17.4. The minimum atomic E-state index is -0.404. The number of nitrogens with two attached hydrogens (primary N) is 1. The normalized spacial score (nSPS) is 26.0. The average Bonchev–Trinajstić information content (AvgIpc) is 2.15. The van der Waals surface area contributed by atoms with Crippen LogP contribution in [0.15, 0.2) is 16.4 Å². The first-order valence-electron chi connectivity index (χ1n) is 4.48. The highest BCUT2D eigenvalue weighted by Crippen LogP contribution is 2.27. The Labute approximate surface area is 89.3 Å². The molecule has 2 N–H and O–H groups in total. The molecule has 0 fully saturated rings. The number of amides is 1. The van der Waals surface area contributed by atoms with E-state index in [4.69, 9.17) is 5.73 Å². The maximum absolute atomic E-state index is 11.5. The van der Waals surface area contributed by atoms with Gasteiger partial charge in [-0.3, -0.25) is 9.79 Å². The van der Waals surface area contributed by atoms with Gasteiger partial charge in [-0.2, -0.15) is 0 Å². The molecule has 0 aromatic carbocycles. The molecule has 78 valence electrons. The van der Waals surface area contributed by atoms with E-state index < -0.39 is 6.04 Å². The van der Waals surface area contributed by atoms with Gasteiger partial charge in [-0.15, -0.1) is 12.4 Å². The zero-order chi connectivity index (χ0) is 9.42. The van der Waals surface area contributed by atoms with E-state index in [9.17, 15) is 4.79 Å². The second-order valence-electron chi connectivity index (χ2n) is 3.45. The summed E-state index contributed by atoms with van der Waals surface area (Å²) in [5, 5.41) is 0. The van der Waals surface area contributed by atoms with Crippen LogP contribution in [0.2, 0.25) is 0 Å². The van der Waals surface area contributed by atoms with Gasteiger partial charge in [0.25, 0.3) is 0 Å². The number of rotatable bonds is 0. The maximum atomic E-state index is 11.5. The smallest absolute Gasteiger partial charge is 0.243 e. The number of nitrogens with zero attached hydrogens (tertiary/aromatic N) is 2. The molecule has 1 unspecified atom stereocenters. The molecule has 2 aliphatic rings. The SMILES string of the molecule is CN1C(=O)C(N)CC2=C1CCC=N2.Cl. The van der Waals surface area contributed by atoms with Crippen molar-refractivity contribution in [2.24, 2.45) is 10.7 Å². The fraction of sp³-hybridized carbons (Fsp3) is 0.556. The molecular formula is C9H14ClN3O. The number of allylic oxidation sites excluding steroid dienone is 1. The van der Waals surface area contributed by atoms with Crippen molar-refractivity contribution in [2.75, 3.05) is 7.05 Å². The zero-order valence-electron chi connectivity index (χ0n) is 8.06. The molecule has 14 heavy (non-hydrogen) atoms. The Kier molecular flexibility index (Phi) is 3.29. The zero-order valence-corrected chi connectivity index (χ0v) is 8.88. The van der Waals surface area contributed by atoms with E-state index in [2.05, 4.69) is 4.99 Å². The number of halogens is 1. The van der Waals surface area contributed by atoms with Crippen molar-refractivity contribution in [3.05, 3.63) is 11.4 Å². The number of aliphatic imine (C=N–C) groups is 1. The van der Waals surface area contributed by atoms with E-state index >= 15 is 0 Å². The quantitative estimate of drug-likeness (QED) is 0.646. The number of carbonyl (C=O) groups excluding carboxylic acids is 1. The first-order chi connectivity index (χ1) is 6.20. The van der Waals surface area contributed by atoms with Gasteiger partial charge < -0.3 is 10.6 Å². The van der Waals surface area contributed by atoms with Crippen LogP contribution in [0, 0.1) is 0 Å². The molecule has 0 spiro atoms. The number of carbonyl (C=O) groups is 1. The number of hydrogen-bond acceptors (Lipinski definition) is 3. The van der Waals surface area contributed by atoms with Crippen molar-refractivity contribution in [3.8, 4) is 0 Å². The van der Waals surface area contributed by atoms with Gasteiger partial charge in [0, 0.05) is 25.4 Å². The van der Waals surface area contributed by atoms with Crippen LogP contribution >= 0.6 is 12.4 Å². The molecule has 1 atom stereocenters. The van der Waals surface area contributed by atoms with Gasteiger partial charge in [0.05, 0.1) is 11.7 Å². The summed E-state index contributed by atoms with van der Waals surface area (Å²) < 4.78 is 0. The minimum Gasteiger partial charge on any atom is -0.320 e. The van der Waals surface area contributed by atoms with Crippen LogP contribution in [-0.2, 0) is 4.79 Å². The molecule has 1 amide bonds. The molecule has 0 saturated heterocycles. The third-order valence-electron chi connectivity index (χ3n) is 2.56. The predicted molar refractivity (Wildman–Crippen MR) is 57.4 cm³/mol. The van der Waals surface area contributed by atoms with E-state index in [1.165, 1.54) is 0 Å². The van der Waals surface area contributed by atoms with Gasteiger partial charge in [0.15, 0.2) is 0 Å². The van der Waals surface area contributed by atoms with Crippen LogP contribution < -0.4 is 5.73 Å². The van der Waals surface area contributed by atoms with Crippen molar-refractivity contribution in [2.45, 2.75) is 25.3 Å². The number of likely N-dealkylation sites (N-methyl/N-ethyl adjacent to an activating group) is 1. The Hall–Kier alpha value is -0.870. The van der Waals surface area contributed by atoms with Crippen molar-refractivity contribution < 1.29 is 4.79 Å². The molecule has 4 nitrogen and oxygen atoms in total. The highest BCUT2D eigenvalue weighted by molar-refractivity contribution is 5.85. The summed E-state index contributed by atoms with van der Waals surface area (Å²) in [6.07, 6.45) is 4.32. The molecule has 0 aliphatic carbocycles. The summed E-state index contributed by atoms with van der Waals surface area (Å²) in [6, 6.07) is -0.404. The molecule has 0 aromatic rings. The molecule has 2 aliphatic heterocycles. The van der Waals surface area contributed by atoms with E-state index in [1.54, 1.807) is 11.9 Å². The summed E-state index contributed by atoms with van der Waals surface area (Å²) in [5.74, 6) is 0.0100. The monoisotopic (exact) mass is 215 g/mol. The second kappa shape index (κ2) is 4.11. The first kappa shape index (κ1) is 11.2. The van der Waals surface area contributed by atoms with Crippen LogP contribution in [-0.4, -0.2) is 30.1 Å². The Bertz CT molecular complexity index is 311. The molecule has 0 bridgehead atoms. The van der Waals surface area contributed by atoms with Crippen molar-refractivity contribution in [3.63, 3.8) is 0 Å². The summed E-state index contributed by atoms with van der Waals surface area (Å²) in [6.45, 7) is 0. The van der Waals surface area contributed by atoms with Gasteiger partial charge >= 0.3 is 0 Å². The molecule has 0 radical (unpaired) electrons. The molecule has 0 saturated carbocycles. The Morgan fingerprint density at radius 2 is 2.36 bits per heavy atom. The van der Waals surface area contributed by atoms with Crippen LogP contribution in [0.3, 0.4) is 0 Å². The Balaban J connectivity index is 0.000000980. The largest absolute Gasteiger partial charge is 0.320 e. The van der Waals surface area contributed by atoms with E-state index in [-0.39, 0.29) is 18.3 Å². The lowest BCUT2D eigenvalue weighted by molar-refractivity contribution is -0.130. The van der Waals surface area contributed by atoms with Gasteiger partial charge in [0.1, 0.15) is 0 Å². The standard InChI is InChI=1S/C9H13N3O.ClH/c1-12-8-3-2-4-11-7(8)5-6(10)9(12)13;/h4,6H,2-3,5,10H2,1H3;1H. The summed E-state index contributed by atoms with van der Waals surface area (Å²) in [5.41, 5.74) is 7.71. The van der Waals surface area contributed by atoms with Crippen LogP contribution in [0.25, 0.3) is 0 Å². The molecule has 5 heteroatoms. The number of hydrogen-bond donors (Lipinski definition) is 1. The molecular weight excluding hydrogens is 202 g/mol. The topological polar surface area (TPSA) is 58.7 Å². The van der Waals surface area contributed by atoms with Crippen LogP contribution in [0.5, 0.6) is 0 Å². The van der Waals surface area contributed by atoms with E-state index in [0.29, 0.717) is 6.42 Å². The third kappa shape index (κ3) is 1.67. The van der Waals surface area contributed by atoms with Gasteiger partial charge in [-0.1, -0.05) is 0 Å². The summed E-state index contributed by atoms with van der Waals surface area (Å²) in [7, 11) is 1.78. The van der Waals surface area contributed by atoms with Crippen LogP contribution in [0.4, 0.5) is 0 Å². The summed E-state index contributed by atoms with van der Waals surface area (Å²) >= 11 is 0. The van der Waals surface area contributed by atoms with Crippen molar-refractivity contribution in [1.29, 1.82) is 0 Å². The lowest BCUT2D eigenvalue weighted by atomic mass is 10.00. The molecule has 2 heterocycles. The molecule has 0 aromatic heterocycles. The van der Waals surface area contributed by atoms with Crippen molar-refractivity contribution in [1.82, 2.24) is 4.90 Å². The van der Waals surface area contributed by atoms with Crippen LogP contribution in [0.1, 0.15) is 19.3 Å². The fourth-order valence-electron chi connectivity index (χ4n) is 1.80. The molecule has 2 rings (SSSR count). The Morgan fingerprint density at radius 3 is 3.07 bits per heavy atom. The van der Waals surface area contributed by atoms with Gasteiger partial charge in [0.2, 0.25) is 5.91 Å². The highest BCUT2D eigenvalue weighted by atomic mass is 35.5. The predicted octanol–water partition coefficient (Wildman–Crippen LogP) is 0.674. The van der Waals surface area contributed by atoms with E-state index in [1.807, 2.05) is 6.21 Å². The fourth-order valence-corrected chi connectivity index (χ4v) is 1.80. The average molecular weight is 216 g/mol. The lowest BCUT2D eigenvalue weighted by Gasteiger charge is -2.32. The van der Waals surface area contributed by atoms with Gasteiger partial charge in [-0.05, 0) is 12.8 Å².